The van der Waals surface area contributed by atoms with Crippen LogP contribution >= 0.6 is 11.8 Å². The Hall–Kier alpha value is -2.39. The number of sulfonamides is 1. The lowest BCUT2D eigenvalue weighted by Gasteiger charge is -2.22. The van der Waals surface area contributed by atoms with E-state index in [1.54, 1.807) is 38.5 Å². The first-order chi connectivity index (χ1) is 13.8. The van der Waals surface area contributed by atoms with Crippen molar-refractivity contribution in [3.05, 3.63) is 48.0 Å². The largest absolute Gasteiger partial charge is 0.493 e. The van der Waals surface area contributed by atoms with Gasteiger partial charge < -0.3 is 14.8 Å². The fourth-order valence-electron chi connectivity index (χ4n) is 2.73. The van der Waals surface area contributed by atoms with Gasteiger partial charge in [0.2, 0.25) is 15.9 Å². The molecule has 0 radical (unpaired) electrons. The molecule has 29 heavy (non-hydrogen) atoms. The number of carbonyl (C=O) groups is 1. The molecule has 0 aliphatic heterocycles. The van der Waals surface area contributed by atoms with Crippen molar-refractivity contribution in [3.63, 3.8) is 0 Å². The van der Waals surface area contributed by atoms with Gasteiger partial charge in [-0.25, -0.2) is 8.42 Å². The Kier molecular flexibility index (Phi) is 8.21. The summed E-state index contributed by atoms with van der Waals surface area (Å²) in [6, 6.07) is 12.6. The standard InChI is InChI=1S/C20H26N2O5S2/c1-26-18-9-8-15(12-19(18)27-2)10-11-21-20(23)14-22(29(4,24)25)16-6-5-7-17(13-16)28-3/h5-9,12-13H,10-11,14H2,1-4H3,(H,21,23). The third-order valence-corrected chi connectivity index (χ3v) is 6.08. The number of methoxy groups -OCH3 is 2. The molecule has 1 N–H and O–H groups in total. The number of nitrogens with zero attached hydrogens (tertiary/aromatic N) is 1. The summed E-state index contributed by atoms with van der Waals surface area (Å²) in [6.07, 6.45) is 3.58. The van der Waals surface area contributed by atoms with Crippen LogP contribution in [0, 0.1) is 0 Å². The molecule has 2 aromatic rings. The average molecular weight is 439 g/mol. The van der Waals surface area contributed by atoms with Crippen molar-refractivity contribution in [3.8, 4) is 11.5 Å². The molecule has 0 saturated carbocycles. The van der Waals surface area contributed by atoms with Crippen molar-refractivity contribution in [2.75, 3.05) is 44.1 Å². The number of amides is 1. The van der Waals surface area contributed by atoms with Gasteiger partial charge >= 0.3 is 0 Å². The van der Waals surface area contributed by atoms with Crippen molar-refractivity contribution >= 4 is 33.4 Å². The van der Waals surface area contributed by atoms with Gasteiger partial charge in [0.05, 0.1) is 26.2 Å². The lowest BCUT2D eigenvalue weighted by Crippen LogP contribution is -2.41. The predicted molar refractivity (Wildman–Crippen MR) is 117 cm³/mol. The summed E-state index contributed by atoms with van der Waals surface area (Å²) in [6.45, 7) is 0.0966. The van der Waals surface area contributed by atoms with Crippen LogP contribution in [0.1, 0.15) is 5.56 Å². The smallest absolute Gasteiger partial charge is 0.240 e. The highest BCUT2D eigenvalue weighted by atomic mass is 32.2. The van der Waals surface area contributed by atoms with Gasteiger partial charge in [-0.15, -0.1) is 11.8 Å². The van der Waals surface area contributed by atoms with Crippen LogP contribution in [0.2, 0.25) is 0 Å². The molecule has 0 unspecified atom stereocenters. The first-order valence-corrected chi connectivity index (χ1v) is 11.9. The van der Waals surface area contributed by atoms with Crippen molar-refractivity contribution in [2.24, 2.45) is 0 Å². The lowest BCUT2D eigenvalue weighted by molar-refractivity contribution is -0.119. The molecule has 0 spiro atoms. The van der Waals surface area contributed by atoms with Crippen LogP contribution in [0.25, 0.3) is 0 Å². The summed E-state index contributed by atoms with van der Waals surface area (Å²) in [7, 11) is -0.465. The SMILES string of the molecule is COc1ccc(CCNC(=O)CN(c2cccc(SC)c2)S(C)(=O)=O)cc1OC. The van der Waals surface area contributed by atoms with Crippen LogP contribution in [-0.4, -0.2) is 54.1 Å². The van der Waals surface area contributed by atoms with Gasteiger partial charge in [-0.1, -0.05) is 12.1 Å². The summed E-state index contributed by atoms with van der Waals surface area (Å²) in [5.41, 5.74) is 1.44. The first kappa shape index (κ1) is 22.9. The number of hydrogen-bond acceptors (Lipinski definition) is 6. The molecule has 158 valence electrons. The van der Waals surface area contributed by atoms with Crippen LogP contribution < -0.4 is 19.1 Å². The van der Waals surface area contributed by atoms with E-state index in [-0.39, 0.29) is 12.5 Å². The maximum Gasteiger partial charge on any atom is 0.240 e. The lowest BCUT2D eigenvalue weighted by atomic mass is 10.1. The van der Waals surface area contributed by atoms with Gasteiger partial charge in [0.1, 0.15) is 6.54 Å². The second kappa shape index (κ2) is 10.4. The maximum absolute atomic E-state index is 12.4. The van der Waals surface area contributed by atoms with E-state index in [4.69, 9.17) is 9.47 Å². The normalized spacial score (nSPS) is 11.0. The minimum atomic E-state index is -3.60. The van der Waals surface area contributed by atoms with E-state index in [1.807, 2.05) is 24.5 Å². The van der Waals surface area contributed by atoms with E-state index in [9.17, 15) is 13.2 Å². The summed E-state index contributed by atoms with van der Waals surface area (Å²) in [5, 5.41) is 2.78. The van der Waals surface area contributed by atoms with Crippen LogP contribution in [0.4, 0.5) is 5.69 Å². The van der Waals surface area contributed by atoms with E-state index >= 15 is 0 Å². The Labute approximate surface area is 176 Å². The first-order valence-electron chi connectivity index (χ1n) is 8.88. The molecular formula is C20H26N2O5S2. The Bertz CT molecular complexity index is 948. The Morgan fingerprint density at radius 3 is 2.45 bits per heavy atom. The van der Waals surface area contributed by atoms with Gasteiger partial charge in [-0.05, 0) is 48.6 Å². The molecule has 2 rings (SSSR count). The van der Waals surface area contributed by atoms with E-state index in [1.165, 1.54) is 11.8 Å². The molecule has 0 fully saturated rings. The zero-order valence-electron chi connectivity index (χ0n) is 17.0. The maximum atomic E-state index is 12.4. The molecule has 0 aliphatic rings. The summed E-state index contributed by atoms with van der Waals surface area (Å²) in [4.78, 5) is 13.3. The van der Waals surface area contributed by atoms with E-state index in [0.29, 0.717) is 30.2 Å². The molecule has 0 heterocycles. The molecule has 0 saturated heterocycles. The van der Waals surface area contributed by atoms with Crippen LogP contribution in [0.15, 0.2) is 47.4 Å². The molecule has 0 bridgehead atoms. The van der Waals surface area contributed by atoms with Crippen LogP contribution in [0.3, 0.4) is 0 Å². The molecule has 0 aliphatic carbocycles. The molecule has 7 nitrogen and oxygen atoms in total. The van der Waals surface area contributed by atoms with Crippen molar-refractivity contribution in [1.82, 2.24) is 5.32 Å². The van der Waals surface area contributed by atoms with Crippen molar-refractivity contribution in [1.29, 1.82) is 0 Å². The summed E-state index contributed by atoms with van der Waals surface area (Å²) >= 11 is 1.51. The molecule has 2 aromatic carbocycles. The van der Waals surface area contributed by atoms with E-state index in [0.717, 1.165) is 21.0 Å². The second-order valence-electron chi connectivity index (χ2n) is 6.26. The second-order valence-corrected chi connectivity index (χ2v) is 9.05. The number of ether oxygens (including phenoxy) is 2. The van der Waals surface area contributed by atoms with E-state index in [2.05, 4.69) is 5.32 Å². The quantitative estimate of drug-likeness (QED) is 0.574. The number of carbonyl (C=O) groups excluding carboxylic acids is 1. The van der Waals surface area contributed by atoms with Crippen LogP contribution in [0.5, 0.6) is 11.5 Å². The van der Waals surface area contributed by atoms with Gasteiger partial charge in [0.15, 0.2) is 11.5 Å². The highest BCUT2D eigenvalue weighted by molar-refractivity contribution is 7.98. The zero-order valence-corrected chi connectivity index (χ0v) is 18.6. The van der Waals surface area contributed by atoms with Gasteiger partial charge in [-0.3, -0.25) is 9.10 Å². The molecule has 1 amide bonds. The number of benzene rings is 2. The highest BCUT2D eigenvalue weighted by Crippen LogP contribution is 2.27. The van der Waals surface area contributed by atoms with Gasteiger partial charge in [-0.2, -0.15) is 0 Å². The Morgan fingerprint density at radius 1 is 1.10 bits per heavy atom. The summed E-state index contributed by atoms with van der Waals surface area (Å²) < 4.78 is 36.0. The van der Waals surface area contributed by atoms with Crippen molar-refractivity contribution < 1.29 is 22.7 Å². The minimum absolute atomic E-state index is 0.275. The number of thioether (sulfide) groups is 1. The average Bonchev–Trinajstić information content (AvgIpc) is 2.71. The molecule has 9 heteroatoms. The molecule has 0 atom stereocenters. The minimum Gasteiger partial charge on any atom is -0.493 e. The zero-order chi connectivity index (χ0) is 21.4. The predicted octanol–water partition coefficient (Wildman–Crippen LogP) is 2.55. The third-order valence-electron chi connectivity index (χ3n) is 4.21. The topological polar surface area (TPSA) is 84.9 Å². The number of rotatable bonds is 10. The molecular weight excluding hydrogens is 412 g/mol. The number of hydrogen-bond donors (Lipinski definition) is 1. The van der Waals surface area contributed by atoms with Crippen molar-refractivity contribution in [2.45, 2.75) is 11.3 Å². The Morgan fingerprint density at radius 2 is 1.83 bits per heavy atom. The van der Waals surface area contributed by atoms with Gasteiger partial charge in [0, 0.05) is 11.4 Å². The summed E-state index contributed by atoms with van der Waals surface area (Å²) in [5.74, 6) is 0.885. The Balaban J connectivity index is 2.00. The number of nitrogens with one attached hydrogen (secondary N) is 1. The van der Waals surface area contributed by atoms with E-state index < -0.39 is 10.0 Å². The fourth-order valence-corrected chi connectivity index (χ4v) is 4.04. The third kappa shape index (κ3) is 6.57. The number of anilines is 1. The highest BCUT2D eigenvalue weighted by Gasteiger charge is 2.21. The van der Waals surface area contributed by atoms with Gasteiger partial charge in [0.25, 0.3) is 0 Å². The molecule has 0 aromatic heterocycles. The monoisotopic (exact) mass is 438 g/mol. The van der Waals surface area contributed by atoms with Crippen LogP contribution in [-0.2, 0) is 21.2 Å². The fraction of sp³-hybridized carbons (Fsp3) is 0.350.